The first-order valence-electron chi connectivity index (χ1n) is 6.63. The maximum atomic E-state index is 6.14. The molecule has 3 rings (SSSR count). The van der Waals surface area contributed by atoms with E-state index in [2.05, 4.69) is 49.1 Å². The first-order chi connectivity index (χ1) is 8.97. The molecular weight excluding hydrogens is 238 g/mol. The van der Waals surface area contributed by atoms with Gasteiger partial charge in [-0.05, 0) is 23.0 Å². The summed E-state index contributed by atoms with van der Waals surface area (Å²) in [5.74, 6) is 1.56. The fraction of sp³-hybridized carbons (Fsp3) is 0.467. The normalized spacial score (nSPS) is 19.7. The molecule has 2 atom stereocenters. The van der Waals surface area contributed by atoms with E-state index in [9.17, 15) is 0 Å². The third-order valence-corrected chi connectivity index (χ3v) is 3.82. The van der Waals surface area contributed by atoms with E-state index in [1.165, 1.54) is 11.1 Å². The van der Waals surface area contributed by atoms with E-state index in [0.717, 1.165) is 12.2 Å². The number of hydrogen-bond acceptors (Lipinski definition) is 4. The standard InChI is InChI=1S/C15H19N3O/c1-15(2,3)12(16)14-17-13(18-19-14)11-8-9-6-4-5-7-10(9)11/h4-7,11-12H,8,16H2,1-3H3/t11?,12-/m1/s1. The average Bonchev–Trinajstić information content (AvgIpc) is 2.77. The lowest BCUT2D eigenvalue weighted by Crippen LogP contribution is -2.26. The minimum atomic E-state index is -0.232. The Morgan fingerprint density at radius 1 is 1.32 bits per heavy atom. The Morgan fingerprint density at radius 3 is 2.74 bits per heavy atom. The molecule has 0 saturated carbocycles. The first kappa shape index (κ1) is 12.4. The van der Waals surface area contributed by atoms with Crippen LogP contribution in [0.3, 0.4) is 0 Å². The molecule has 0 saturated heterocycles. The van der Waals surface area contributed by atoms with Gasteiger partial charge in [0.1, 0.15) is 0 Å². The summed E-state index contributed by atoms with van der Waals surface area (Å²) >= 11 is 0. The molecule has 1 aliphatic rings. The van der Waals surface area contributed by atoms with Gasteiger partial charge in [0.25, 0.3) is 0 Å². The quantitative estimate of drug-likeness (QED) is 0.898. The van der Waals surface area contributed by atoms with E-state index in [-0.39, 0.29) is 17.4 Å². The number of hydrogen-bond donors (Lipinski definition) is 1. The summed E-state index contributed by atoms with van der Waals surface area (Å²) in [6.45, 7) is 6.21. The van der Waals surface area contributed by atoms with Crippen molar-refractivity contribution < 1.29 is 4.52 Å². The molecule has 0 spiro atoms. The highest BCUT2D eigenvalue weighted by Crippen LogP contribution is 2.39. The maximum Gasteiger partial charge on any atom is 0.244 e. The summed E-state index contributed by atoms with van der Waals surface area (Å²) < 4.78 is 5.34. The molecule has 0 amide bonds. The summed E-state index contributed by atoms with van der Waals surface area (Å²) in [5.41, 5.74) is 8.74. The third kappa shape index (κ3) is 2.06. The molecular formula is C15H19N3O. The molecule has 100 valence electrons. The van der Waals surface area contributed by atoms with Crippen LogP contribution in [0.2, 0.25) is 0 Å². The van der Waals surface area contributed by atoms with Crippen LogP contribution < -0.4 is 5.73 Å². The lowest BCUT2D eigenvalue weighted by atomic mass is 9.77. The van der Waals surface area contributed by atoms with Crippen molar-refractivity contribution in [3.8, 4) is 0 Å². The molecule has 2 aromatic rings. The molecule has 4 heteroatoms. The highest BCUT2D eigenvalue weighted by molar-refractivity contribution is 5.43. The van der Waals surface area contributed by atoms with Gasteiger partial charge in [-0.15, -0.1) is 0 Å². The number of fused-ring (bicyclic) bond motifs is 1. The Hall–Kier alpha value is -1.68. The smallest absolute Gasteiger partial charge is 0.244 e. The van der Waals surface area contributed by atoms with Gasteiger partial charge in [-0.3, -0.25) is 0 Å². The Bertz CT molecular complexity index is 597. The van der Waals surface area contributed by atoms with Crippen LogP contribution in [0.4, 0.5) is 0 Å². The Balaban J connectivity index is 1.84. The number of rotatable bonds is 2. The molecule has 4 nitrogen and oxygen atoms in total. The van der Waals surface area contributed by atoms with Gasteiger partial charge < -0.3 is 10.3 Å². The van der Waals surface area contributed by atoms with Crippen LogP contribution in [-0.2, 0) is 6.42 Å². The van der Waals surface area contributed by atoms with E-state index in [4.69, 9.17) is 10.3 Å². The summed E-state index contributed by atoms with van der Waals surface area (Å²) in [4.78, 5) is 4.49. The molecule has 1 aliphatic carbocycles. The summed E-state index contributed by atoms with van der Waals surface area (Å²) in [6, 6.07) is 8.15. The van der Waals surface area contributed by atoms with Gasteiger partial charge in [0, 0.05) is 0 Å². The average molecular weight is 257 g/mol. The van der Waals surface area contributed by atoms with Crippen LogP contribution in [0, 0.1) is 5.41 Å². The molecule has 1 aromatic heterocycles. The number of aromatic nitrogens is 2. The fourth-order valence-corrected chi connectivity index (χ4v) is 2.37. The topological polar surface area (TPSA) is 64.9 Å². The lowest BCUT2D eigenvalue weighted by molar-refractivity contribution is 0.252. The van der Waals surface area contributed by atoms with E-state index in [1.54, 1.807) is 0 Å². The summed E-state index contributed by atoms with van der Waals surface area (Å²) in [7, 11) is 0. The van der Waals surface area contributed by atoms with E-state index in [0.29, 0.717) is 5.89 Å². The summed E-state index contributed by atoms with van der Waals surface area (Å²) in [6.07, 6.45) is 0.986. The van der Waals surface area contributed by atoms with E-state index >= 15 is 0 Å². The molecule has 0 aliphatic heterocycles. The zero-order valence-electron chi connectivity index (χ0n) is 11.6. The van der Waals surface area contributed by atoms with Crippen molar-refractivity contribution in [3.63, 3.8) is 0 Å². The minimum Gasteiger partial charge on any atom is -0.338 e. The maximum absolute atomic E-state index is 6.14. The minimum absolute atomic E-state index is 0.0820. The molecule has 1 heterocycles. The molecule has 0 fully saturated rings. The molecule has 0 radical (unpaired) electrons. The molecule has 19 heavy (non-hydrogen) atoms. The van der Waals surface area contributed by atoms with E-state index < -0.39 is 0 Å². The zero-order chi connectivity index (χ0) is 13.6. The predicted molar refractivity (Wildman–Crippen MR) is 72.7 cm³/mol. The Morgan fingerprint density at radius 2 is 2.05 bits per heavy atom. The Labute approximate surface area is 113 Å². The van der Waals surface area contributed by atoms with E-state index in [1.807, 2.05) is 6.07 Å². The van der Waals surface area contributed by atoms with Crippen LogP contribution in [0.5, 0.6) is 0 Å². The first-order valence-corrected chi connectivity index (χ1v) is 6.63. The van der Waals surface area contributed by atoms with Crippen molar-refractivity contribution in [2.75, 3.05) is 0 Å². The Kier molecular flexibility index (Phi) is 2.71. The fourth-order valence-electron chi connectivity index (χ4n) is 2.37. The number of nitrogens with zero attached hydrogens (tertiary/aromatic N) is 2. The number of nitrogens with two attached hydrogens (primary N) is 1. The largest absolute Gasteiger partial charge is 0.338 e. The molecule has 0 bridgehead atoms. The highest BCUT2D eigenvalue weighted by atomic mass is 16.5. The van der Waals surface area contributed by atoms with Crippen molar-refractivity contribution in [3.05, 3.63) is 47.1 Å². The van der Waals surface area contributed by atoms with Gasteiger partial charge in [-0.25, -0.2) is 0 Å². The lowest BCUT2D eigenvalue weighted by Gasteiger charge is -2.27. The predicted octanol–water partition coefficient (Wildman–Crippen LogP) is 2.80. The summed E-state index contributed by atoms with van der Waals surface area (Å²) in [5, 5.41) is 4.11. The van der Waals surface area contributed by atoms with Gasteiger partial charge in [0.05, 0.1) is 12.0 Å². The van der Waals surface area contributed by atoms with Gasteiger partial charge in [-0.1, -0.05) is 50.2 Å². The van der Waals surface area contributed by atoms with Crippen molar-refractivity contribution in [1.29, 1.82) is 0 Å². The van der Waals surface area contributed by atoms with Crippen molar-refractivity contribution in [2.45, 2.75) is 39.2 Å². The highest BCUT2D eigenvalue weighted by Gasteiger charge is 2.33. The third-order valence-electron chi connectivity index (χ3n) is 3.82. The molecule has 2 N–H and O–H groups in total. The van der Waals surface area contributed by atoms with Gasteiger partial charge >= 0.3 is 0 Å². The zero-order valence-corrected chi connectivity index (χ0v) is 11.6. The van der Waals surface area contributed by atoms with Crippen LogP contribution in [0.25, 0.3) is 0 Å². The van der Waals surface area contributed by atoms with Gasteiger partial charge in [-0.2, -0.15) is 4.98 Å². The van der Waals surface area contributed by atoms with Crippen LogP contribution in [0.1, 0.15) is 55.6 Å². The molecule has 1 unspecified atom stereocenters. The molecule has 1 aromatic carbocycles. The van der Waals surface area contributed by atoms with Gasteiger partial charge in [0.15, 0.2) is 5.82 Å². The van der Waals surface area contributed by atoms with Crippen LogP contribution in [-0.4, -0.2) is 10.1 Å². The van der Waals surface area contributed by atoms with Crippen molar-refractivity contribution >= 4 is 0 Å². The van der Waals surface area contributed by atoms with Crippen LogP contribution in [0.15, 0.2) is 28.8 Å². The van der Waals surface area contributed by atoms with Crippen molar-refractivity contribution in [2.24, 2.45) is 11.1 Å². The van der Waals surface area contributed by atoms with Crippen LogP contribution >= 0.6 is 0 Å². The van der Waals surface area contributed by atoms with Gasteiger partial charge in [0.2, 0.25) is 5.89 Å². The second kappa shape index (κ2) is 4.17. The SMILES string of the molecule is CC(C)(C)[C@H](N)c1nc(C2Cc3ccccc32)no1. The second-order valence-corrected chi connectivity index (χ2v) is 6.29. The monoisotopic (exact) mass is 257 g/mol. The van der Waals surface area contributed by atoms with Crippen molar-refractivity contribution in [1.82, 2.24) is 10.1 Å². The number of benzene rings is 1. The second-order valence-electron chi connectivity index (χ2n) is 6.29.